The highest BCUT2D eigenvalue weighted by atomic mass is 127. The second-order valence-corrected chi connectivity index (χ2v) is 3.30. The summed E-state index contributed by atoms with van der Waals surface area (Å²) in [5.41, 5.74) is 19.1. The van der Waals surface area contributed by atoms with Crippen molar-refractivity contribution in [1.82, 2.24) is 0 Å². The molecule has 8 heteroatoms. The molecule has 0 spiro atoms. The maximum Gasteiger partial charge on any atom is 0.227 e. The van der Waals surface area contributed by atoms with Crippen LogP contribution < -0.4 is 22.9 Å². The van der Waals surface area contributed by atoms with E-state index in [0.717, 1.165) is 0 Å². The van der Waals surface area contributed by atoms with Crippen molar-refractivity contribution >= 4 is 57.0 Å². The molecule has 0 rings (SSSR count). The molecule has 0 bridgehead atoms. The summed E-state index contributed by atoms with van der Waals surface area (Å²) in [6, 6.07) is 0. The topological polar surface area (TPSA) is 138 Å². The van der Waals surface area contributed by atoms with Gasteiger partial charge in [-0.15, -0.1) is 0 Å². The number of alkyl halides is 2. The van der Waals surface area contributed by atoms with Crippen LogP contribution >= 0.6 is 45.2 Å². The van der Waals surface area contributed by atoms with Crippen molar-refractivity contribution in [3.8, 4) is 0 Å². The highest BCUT2D eigenvalue weighted by Crippen LogP contribution is 1.73. The van der Waals surface area contributed by atoms with Crippen LogP contribution in [-0.4, -0.2) is 33.8 Å². The monoisotopic (exact) mass is 430 g/mol. The van der Waals surface area contributed by atoms with Gasteiger partial charge in [-0.25, -0.2) is 0 Å². The second kappa shape index (κ2) is 19.0. The van der Waals surface area contributed by atoms with Crippen LogP contribution in [-0.2, 0) is 9.59 Å². The van der Waals surface area contributed by atoms with Crippen LogP contribution in [0.25, 0.3) is 0 Å². The molecule has 0 aromatic rings. The highest BCUT2D eigenvalue weighted by Gasteiger charge is 1.79. The van der Waals surface area contributed by atoms with Gasteiger partial charge in [0.05, 0.1) is 8.86 Å². The molecule has 0 aliphatic rings. The molecule has 8 N–H and O–H groups in total. The van der Waals surface area contributed by atoms with Crippen LogP contribution in [0.15, 0.2) is 0 Å². The van der Waals surface area contributed by atoms with Gasteiger partial charge in [0.25, 0.3) is 0 Å². The van der Waals surface area contributed by atoms with E-state index in [0.29, 0.717) is 21.9 Å². The predicted octanol–water partition coefficient (Wildman–Crippen LogP) is -1.28. The molecule has 0 aromatic heterocycles. The molecule has 0 aromatic carbocycles. The number of primary amides is 2. The molecule has 0 saturated carbocycles. The Morgan fingerprint density at radius 3 is 1.00 bits per heavy atom. The first-order chi connectivity index (χ1) is 6.45. The minimum Gasteiger partial charge on any atom is -0.369 e. The zero-order chi connectivity index (χ0) is 12.0. The first-order valence-corrected chi connectivity index (χ1v) is 6.59. The van der Waals surface area contributed by atoms with Gasteiger partial charge >= 0.3 is 0 Å². The molecule has 0 heterocycles. The van der Waals surface area contributed by atoms with Gasteiger partial charge < -0.3 is 22.9 Å². The summed E-state index contributed by atoms with van der Waals surface area (Å²) in [5, 5.41) is 0. The average molecular weight is 430 g/mol. The van der Waals surface area contributed by atoms with Crippen LogP contribution in [0.5, 0.6) is 0 Å². The maximum absolute atomic E-state index is 9.58. The Labute approximate surface area is 111 Å². The number of hydrogen-bond acceptors (Lipinski definition) is 4. The van der Waals surface area contributed by atoms with Crippen molar-refractivity contribution in [3.63, 3.8) is 0 Å². The van der Waals surface area contributed by atoms with Gasteiger partial charge in [0.1, 0.15) is 0 Å². The molecule has 86 valence electrons. The molecule has 0 atom stereocenters. The van der Waals surface area contributed by atoms with Crippen LogP contribution in [0.2, 0.25) is 0 Å². The number of rotatable bonds is 3. The lowest BCUT2D eigenvalue weighted by Crippen LogP contribution is -2.11. The molecule has 0 unspecified atom stereocenters. The van der Waals surface area contributed by atoms with E-state index >= 15 is 0 Å². The fraction of sp³-hybridized carbons (Fsp3) is 0.667. The van der Waals surface area contributed by atoms with E-state index in [4.69, 9.17) is 11.5 Å². The van der Waals surface area contributed by atoms with Crippen LogP contribution in [0.3, 0.4) is 0 Å². The minimum absolute atomic E-state index is 0.259. The molecular formula is C6H16I2N4O2. The zero-order valence-electron chi connectivity index (χ0n) is 7.71. The maximum atomic E-state index is 9.58. The van der Waals surface area contributed by atoms with Crippen LogP contribution in [0, 0.1) is 0 Å². The van der Waals surface area contributed by atoms with Gasteiger partial charge in [-0.2, -0.15) is 0 Å². The van der Waals surface area contributed by atoms with E-state index in [1.165, 1.54) is 0 Å². The summed E-state index contributed by atoms with van der Waals surface area (Å²) in [5.74, 6) is -0.517. The quantitative estimate of drug-likeness (QED) is 0.327. The number of amides is 2. The first-order valence-electron chi connectivity index (χ1n) is 3.54. The van der Waals surface area contributed by atoms with Crippen LogP contribution in [0.4, 0.5) is 0 Å². The lowest BCUT2D eigenvalue weighted by Gasteiger charge is -1.72. The van der Waals surface area contributed by atoms with E-state index in [1.807, 2.05) is 45.2 Å². The third kappa shape index (κ3) is 55.8. The van der Waals surface area contributed by atoms with Gasteiger partial charge in [-0.05, 0) is 0 Å². The normalized spacial score (nSPS) is 7.43. The van der Waals surface area contributed by atoms with Gasteiger partial charge in [0.15, 0.2) is 0 Å². The van der Waals surface area contributed by atoms with Crippen molar-refractivity contribution in [2.24, 2.45) is 22.9 Å². The van der Waals surface area contributed by atoms with Gasteiger partial charge in [0.2, 0.25) is 11.8 Å². The molecule has 0 aliphatic heterocycles. The highest BCUT2D eigenvalue weighted by molar-refractivity contribution is 14.1. The van der Waals surface area contributed by atoms with Crippen molar-refractivity contribution in [2.75, 3.05) is 21.9 Å². The zero-order valence-corrected chi connectivity index (χ0v) is 12.0. The van der Waals surface area contributed by atoms with E-state index in [-0.39, 0.29) is 11.8 Å². The Balaban J connectivity index is -0.000000131. The number of carbonyl (C=O) groups is 2. The molecule has 14 heavy (non-hydrogen) atoms. The SMILES string of the molecule is NC(=O)CI.NC(=O)CI.NCCN. The summed E-state index contributed by atoms with van der Waals surface area (Å²) in [7, 11) is 0. The number of carbonyl (C=O) groups excluding carboxylic acids is 2. The second-order valence-electron chi connectivity index (χ2n) is 1.78. The van der Waals surface area contributed by atoms with Crippen molar-refractivity contribution in [1.29, 1.82) is 0 Å². The molecule has 0 saturated heterocycles. The molecule has 2 amide bonds. The van der Waals surface area contributed by atoms with E-state index in [2.05, 4.69) is 11.5 Å². The fourth-order valence-corrected chi connectivity index (χ4v) is 0. The van der Waals surface area contributed by atoms with Gasteiger partial charge in [-0.1, -0.05) is 45.2 Å². The third-order valence-electron chi connectivity index (χ3n) is 0.430. The smallest absolute Gasteiger partial charge is 0.227 e. The molecule has 6 nitrogen and oxygen atoms in total. The molecule has 0 radical (unpaired) electrons. The standard InChI is InChI=1S/2C2H4INO.C2H8N2/c2*3-1-2(4)5;3-1-2-4/h2*1H2,(H2,4,5);1-4H2. The Hall–Kier alpha value is 0.320. The summed E-state index contributed by atoms with van der Waals surface area (Å²) < 4.78 is 0.829. The average Bonchev–Trinajstić information content (AvgIpc) is 2.19. The van der Waals surface area contributed by atoms with Crippen molar-refractivity contribution in [2.45, 2.75) is 0 Å². The summed E-state index contributed by atoms with van der Waals surface area (Å²) in [4.78, 5) is 19.2. The lowest BCUT2D eigenvalue weighted by atomic mass is 10.7. The Morgan fingerprint density at radius 1 is 0.857 bits per heavy atom. The van der Waals surface area contributed by atoms with Gasteiger partial charge in [-0.3, -0.25) is 9.59 Å². The Bertz CT molecular complexity index is 130. The summed E-state index contributed by atoms with van der Waals surface area (Å²) in [6.07, 6.45) is 0. The Kier molecular flexibility index (Phi) is 26.9. The van der Waals surface area contributed by atoms with Crippen molar-refractivity contribution in [3.05, 3.63) is 0 Å². The number of hydrogen-bond donors (Lipinski definition) is 4. The minimum atomic E-state index is -0.259. The molecular weight excluding hydrogens is 414 g/mol. The summed E-state index contributed by atoms with van der Waals surface area (Å²) in [6.45, 7) is 1.19. The summed E-state index contributed by atoms with van der Waals surface area (Å²) >= 11 is 3.81. The van der Waals surface area contributed by atoms with Crippen molar-refractivity contribution < 1.29 is 9.59 Å². The van der Waals surface area contributed by atoms with Crippen LogP contribution in [0.1, 0.15) is 0 Å². The predicted molar refractivity (Wildman–Crippen MR) is 74.3 cm³/mol. The Morgan fingerprint density at radius 2 is 1.00 bits per heavy atom. The largest absolute Gasteiger partial charge is 0.369 e. The van der Waals surface area contributed by atoms with E-state index in [9.17, 15) is 9.59 Å². The fourth-order valence-electron chi connectivity index (χ4n) is 0. The molecule has 0 fully saturated rings. The lowest BCUT2D eigenvalue weighted by molar-refractivity contribution is -0.116. The third-order valence-corrected chi connectivity index (χ3v) is 1.93. The van der Waals surface area contributed by atoms with E-state index < -0.39 is 0 Å². The molecule has 0 aliphatic carbocycles. The number of nitrogens with two attached hydrogens (primary N) is 4. The number of halogens is 2. The van der Waals surface area contributed by atoms with E-state index in [1.54, 1.807) is 0 Å². The first kappa shape index (κ1) is 19.8. The van der Waals surface area contributed by atoms with Gasteiger partial charge in [0, 0.05) is 13.1 Å².